The van der Waals surface area contributed by atoms with Crippen LogP contribution in [0.5, 0.6) is 0 Å². The van der Waals surface area contributed by atoms with Crippen molar-refractivity contribution in [2.75, 3.05) is 39.3 Å². The second kappa shape index (κ2) is 10.9. The average Bonchev–Trinajstić information content (AvgIpc) is 3.20. The van der Waals surface area contributed by atoms with Gasteiger partial charge in [0.2, 0.25) is 11.8 Å². The normalized spacial score (nSPS) is 24.2. The van der Waals surface area contributed by atoms with Crippen LogP contribution in [0.3, 0.4) is 0 Å². The van der Waals surface area contributed by atoms with Crippen LogP contribution in [0.15, 0.2) is 18.2 Å². The Morgan fingerprint density at radius 2 is 1.83 bits per heavy atom. The predicted octanol–water partition coefficient (Wildman–Crippen LogP) is 1.28. The van der Waals surface area contributed by atoms with Crippen molar-refractivity contribution in [2.45, 2.75) is 57.2 Å². The minimum absolute atomic E-state index is 0.175. The lowest BCUT2D eigenvalue weighted by molar-refractivity contribution is -0.136. The van der Waals surface area contributed by atoms with Crippen LogP contribution in [0.1, 0.15) is 60.0 Å². The Hall–Kier alpha value is -2.73. The number of nitrogens with one attached hydrogen (secondary N) is 2. The van der Waals surface area contributed by atoms with Crippen LogP contribution < -0.4 is 10.6 Å². The molecule has 3 amide bonds. The molecule has 0 spiro atoms. The number of rotatable bonds is 5. The Kier molecular flexibility index (Phi) is 7.47. The highest BCUT2D eigenvalue weighted by Crippen LogP contribution is 2.29. The quantitative estimate of drug-likeness (QED) is 0.490. The van der Waals surface area contributed by atoms with Gasteiger partial charge in [0.15, 0.2) is 0 Å². The third-order valence-corrected chi connectivity index (χ3v) is 7.71. The second-order valence-electron chi connectivity index (χ2n) is 10.0. The molecule has 0 bridgehead atoms. The Morgan fingerprint density at radius 3 is 2.60 bits per heavy atom. The molecule has 8 nitrogen and oxygen atoms in total. The molecule has 1 unspecified atom stereocenters. The first-order chi connectivity index (χ1) is 17.1. The zero-order valence-electron chi connectivity index (χ0n) is 20.2. The zero-order chi connectivity index (χ0) is 24.2. The van der Waals surface area contributed by atoms with Crippen LogP contribution in [0.2, 0.25) is 0 Å². The van der Waals surface area contributed by atoms with Gasteiger partial charge in [0.1, 0.15) is 12.6 Å². The average molecular weight is 479 g/mol. The highest BCUT2D eigenvalue weighted by Gasteiger charge is 2.39. The van der Waals surface area contributed by atoms with Crippen molar-refractivity contribution in [1.82, 2.24) is 20.4 Å². The first-order valence-electron chi connectivity index (χ1n) is 12.9. The summed E-state index contributed by atoms with van der Waals surface area (Å²) in [5.74, 6) is 6.29. The molecule has 4 heterocycles. The van der Waals surface area contributed by atoms with E-state index < -0.39 is 11.9 Å². The molecule has 8 heteroatoms. The number of piperidine rings is 3. The van der Waals surface area contributed by atoms with Crippen LogP contribution >= 0.6 is 0 Å². The summed E-state index contributed by atoms with van der Waals surface area (Å²) in [6, 6.07) is 4.90. The second-order valence-corrected chi connectivity index (χ2v) is 10.0. The number of likely N-dealkylation sites (tertiary alicyclic amines) is 1. The van der Waals surface area contributed by atoms with Gasteiger partial charge in [-0.2, -0.15) is 0 Å². The maximum absolute atomic E-state index is 12.9. The van der Waals surface area contributed by atoms with E-state index in [9.17, 15) is 14.4 Å². The monoisotopic (exact) mass is 478 g/mol. The first kappa shape index (κ1) is 24.0. The number of nitrogens with zero attached hydrogens (tertiary/aromatic N) is 2. The summed E-state index contributed by atoms with van der Waals surface area (Å²) in [6.07, 6.45) is 5.51. The molecule has 0 saturated carbocycles. The van der Waals surface area contributed by atoms with Gasteiger partial charge in [0.05, 0.1) is 6.10 Å². The molecule has 1 aromatic carbocycles. The number of fused-ring (bicyclic) bond motifs is 1. The van der Waals surface area contributed by atoms with Gasteiger partial charge in [-0.15, -0.1) is 0 Å². The summed E-state index contributed by atoms with van der Waals surface area (Å²) in [7, 11) is 0. The fourth-order valence-electron chi connectivity index (χ4n) is 5.68. The lowest BCUT2D eigenvalue weighted by Crippen LogP contribution is -2.52. The fourth-order valence-corrected chi connectivity index (χ4v) is 5.68. The fraction of sp³-hybridized carbons (Fsp3) is 0.593. The molecule has 4 aliphatic heterocycles. The lowest BCUT2D eigenvalue weighted by atomic mass is 9.96. The molecule has 3 fully saturated rings. The summed E-state index contributed by atoms with van der Waals surface area (Å²) in [4.78, 5) is 40.8. The highest BCUT2D eigenvalue weighted by atomic mass is 16.5. The van der Waals surface area contributed by atoms with Gasteiger partial charge in [-0.1, -0.05) is 17.9 Å². The Balaban J connectivity index is 1.12. The third-order valence-electron chi connectivity index (χ3n) is 7.71. The van der Waals surface area contributed by atoms with Crippen LogP contribution in [0.4, 0.5) is 0 Å². The van der Waals surface area contributed by atoms with E-state index in [-0.39, 0.29) is 24.3 Å². The van der Waals surface area contributed by atoms with Gasteiger partial charge in [0.25, 0.3) is 5.91 Å². The van der Waals surface area contributed by atoms with E-state index in [0.717, 1.165) is 56.1 Å². The first-order valence-corrected chi connectivity index (χ1v) is 12.9. The summed E-state index contributed by atoms with van der Waals surface area (Å²) in [6.45, 7) is 6.39. The van der Waals surface area contributed by atoms with Gasteiger partial charge >= 0.3 is 0 Å². The summed E-state index contributed by atoms with van der Waals surface area (Å²) in [5, 5.41) is 5.78. The van der Waals surface area contributed by atoms with Gasteiger partial charge in [-0.05, 0) is 68.8 Å². The highest BCUT2D eigenvalue weighted by molar-refractivity contribution is 6.05. The number of hydrogen-bond donors (Lipinski definition) is 2. The summed E-state index contributed by atoms with van der Waals surface area (Å²) < 4.78 is 6.05. The molecular formula is C27H34N4O4. The summed E-state index contributed by atoms with van der Waals surface area (Å²) >= 11 is 0. The Labute approximate surface area is 206 Å². The van der Waals surface area contributed by atoms with Crippen LogP contribution in [-0.4, -0.2) is 79.0 Å². The van der Waals surface area contributed by atoms with E-state index in [2.05, 4.69) is 27.4 Å². The molecule has 1 aromatic rings. The number of carbonyl (C=O) groups is 3. The van der Waals surface area contributed by atoms with Crippen molar-refractivity contribution in [2.24, 2.45) is 5.92 Å². The molecule has 186 valence electrons. The van der Waals surface area contributed by atoms with Gasteiger partial charge < -0.3 is 19.9 Å². The number of ether oxygens (including phenoxy) is 1. The summed E-state index contributed by atoms with van der Waals surface area (Å²) in [5.41, 5.74) is 2.23. The molecule has 3 saturated heterocycles. The smallest absolute Gasteiger partial charge is 0.255 e. The Bertz CT molecular complexity index is 1030. The molecule has 0 aromatic heterocycles. The third kappa shape index (κ3) is 5.58. The number of amides is 3. The van der Waals surface area contributed by atoms with Gasteiger partial charge in [-0.25, -0.2) is 0 Å². The van der Waals surface area contributed by atoms with E-state index in [1.54, 1.807) is 11.0 Å². The molecule has 35 heavy (non-hydrogen) atoms. The molecular weight excluding hydrogens is 444 g/mol. The van der Waals surface area contributed by atoms with Crippen molar-refractivity contribution in [1.29, 1.82) is 0 Å². The van der Waals surface area contributed by atoms with Gasteiger partial charge in [-0.3, -0.25) is 19.7 Å². The molecule has 2 N–H and O–H groups in total. The largest absolute Gasteiger partial charge is 0.365 e. The van der Waals surface area contributed by atoms with E-state index >= 15 is 0 Å². The van der Waals surface area contributed by atoms with Gasteiger partial charge in [0, 0.05) is 43.7 Å². The molecule has 0 radical (unpaired) electrons. The number of benzene rings is 1. The van der Waals surface area contributed by atoms with Crippen molar-refractivity contribution in [3.8, 4) is 11.8 Å². The predicted molar refractivity (Wildman–Crippen MR) is 130 cm³/mol. The zero-order valence-corrected chi connectivity index (χ0v) is 20.2. The van der Waals surface area contributed by atoms with Crippen LogP contribution in [-0.2, 0) is 20.9 Å². The van der Waals surface area contributed by atoms with Crippen molar-refractivity contribution in [3.63, 3.8) is 0 Å². The van der Waals surface area contributed by atoms with E-state index in [1.807, 2.05) is 12.1 Å². The van der Waals surface area contributed by atoms with Crippen LogP contribution in [0.25, 0.3) is 0 Å². The van der Waals surface area contributed by atoms with E-state index in [1.165, 1.54) is 19.4 Å². The van der Waals surface area contributed by atoms with Crippen molar-refractivity contribution >= 4 is 17.7 Å². The topological polar surface area (TPSA) is 91.0 Å². The van der Waals surface area contributed by atoms with Crippen molar-refractivity contribution < 1.29 is 19.1 Å². The van der Waals surface area contributed by atoms with Crippen molar-refractivity contribution in [3.05, 3.63) is 34.9 Å². The molecule has 4 aliphatic rings. The molecule has 0 aliphatic carbocycles. The van der Waals surface area contributed by atoms with Crippen LogP contribution in [0, 0.1) is 17.8 Å². The lowest BCUT2D eigenvalue weighted by Gasteiger charge is -2.35. The molecule has 1 atom stereocenters. The maximum atomic E-state index is 12.9. The van der Waals surface area contributed by atoms with E-state index in [4.69, 9.17) is 4.74 Å². The number of imide groups is 1. The molecule has 5 rings (SSSR count). The minimum Gasteiger partial charge on any atom is -0.365 e. The number of carbonyl (C=O) groups excluding carboxylic acids is 3. The Morgan fingerprint density at radius 1 is 1.03 bits per heavy atom. The standard InChI is InChI=1S/C27H34N4O4/c32-25-7-6-24(26(33)29-25)31-18-23-20(3-1-5-22(23)27(31)34)4-2-16-35-21-10-14-30(15-11-21)17-19-8-12-28-13-9-19/h1,3,5,19,21,24,28H,6-18H2,(H,29,32,33). The van der Waals surface area contributed by atoms with E-state index in [0.29, 0.717) is 25.1 Å². The minimum atomic E-state index is -0.614. The maximum Gasteiger partial charge on any atom is 0.255 e. The SMILES string of the molecule is O=C1CCC(N2Cc3c(C#CCOC4CCN(CC5CCNCC5)CC4)cccc3C2=O)C(=O)N1. The number of hydrogen-bond acceptors (Lipinski definition) is 6.